The van der Waals surface area contributed by atoms with Gasteiger partial charge in [-0.2, -0.15) is 0 Å². The predicted octanol–water partition coefficient (Wildman–Crippen LogP) is 3.67. The van der Waals surface area contributed by atoms with Crippen molar-refractivity contribution in [3.8, 4) is 0 Å². The maximum atomic E-state index is 11.4. The molecule has 0 atom stereocenters. The van der Waals surface area contributed by atoms with Crippen LogP contribution in [0, 0.1) is 0 Å². The van der Waals surface area contributed by atoms with Crippen LogP contribution in [-0.4, -0.2) is 34.7 Å². The lowest BCUT2D eigenvalue weighted by molar-refractivity contribution is -0.144. The molecular weight excluding hydrogens is 308 g/mol. The molecule has 1 aromatic heterocycles. The summed E-state index contributed by atoms with van der Waals surface area (Å²) in [4.78, 5) is 26.8. The molecule has 0 saturated heterocycles. The summed E-state index contributed by atoms with van der Waals surface area (Å²) in [5.41, 5.74) is 0. The zero-order chi connectivity index (χ0) is 17.6. The first-order valence-corrected chi connectivity index (χ1v) is 8.96. The van der Waals surface area contributed by atoms with Crippen LogP contribution >= 0.6 is 0 Å². The van der Waals surface area contributed by atoms with E-state index in [9.17, 15) is 9.59 Å². The van der Waals surface area contributed by atoms with Crippen molar-refractivity contribution in [3.63, 3.8) is 0 Å². The van der Waals surface area contributed by atoms with Crippen molar-refractivity contribution < 1.29 is 19.1 Å². The molecule has 0 aliphatic rings. The van der Waals surface area contributed by atoms with Crippen molar-refractivity contribution in [2.24, 2.45) is 0 Å². The zero-order valence-electron chi connectivity index (χ0n) is 14.9. The van der Waals surface area contributed by atoms with Gasteiger partial charge in [0.15, 0.2) is 0 Å². The van der Waals surface area contributed by atoms with E-state index in [-0.39, 0.29) is 11.9 Å². The number of hydrogen-bond donors (Lipinski definition) is 0. The second kappa shape index (κ2) is 12.6. The lowest BCUT2D eigenvalue weighted by atomic mass is 10.0. The highest BCUT2D eigenvalue weighted by Gasteiger charge is 2.12. The molecule has 1 rings (SSSR count). The molecule has 0 N–H and O–H groups in total. The van der Waals surface area contributed by atoms with Crippen LogP contribution in [0.15, 0.2) is 18.7 Å². The number of rotatable bonds is 13. The topological polar surface area (TPSA) is 70.4 Å². The van der Waals surface area contributed by atoms with Gasteiger partial charge in [0, 0.05) is 31.3 Å². The smallest absolute Gasteiger partial charge is 0.305 e. The Morgan fingerprint density at radius 2 is 1.50 bits per heavy atom. The Bertz CT molecular complexity index is 434. The number of carbonyl (C=O) groups excluding carboxylic acids is 2. The van der Waals surface area contributed by atoms with E-state index in [1.54, 1.807) is 6.20 Å². The van der Waals surface area contributed by atoms with Gasteiger partial charge in [0.1, 0.15) is 0 Å². The Labute approximate surface area is 144 Å². The average Bonchev–Trinajstić information content (AvgIpc) is 3.08. The molecule has 0 unspecified atom stereocenters. The fourth-order valence-corrected chi connectivity index (χ4v) is 2.69. The molecule has 24 heavy (non-hydrogen) atoms. The highest BCUT2D eigenvalue weighted by molar-refractivity contribution is 5.69. The number of imidazole rings is 1. The fraction of sp³-hybridized carbons (Fsp3) is 0.722. The van der Waals surface area contributed by atoms with Gasteiger partial charge in [0.05, 0.1) is 19.5 Å². The number of esters is 2. The van der Waals surface area contributed by atoms with E-state index >= 15 is 0 Å². The number of unbranched alkanes of at least 4 members (excludes halogenated alkanes) is 2. The van der Waals surface area contributed by atoms with E-state index in [4.69, 9.17) is 9.47 Å². The molecule has 0 amide bonds. The first-order chi connectivity index (χ1) is 11.7. The standard InChI is InChI=1S/C18H30N2O4/c1-3-23-17(21)11-7-5-9-16(20-14-13-19-15-20)10-6-8-12-18(22)24-4-2/h13-16H,3-12H2,1-2H3. The van der Waals surface area contributed by atoms with Gasteiger partial charge in [0.2, 0.25) is 0 Å². The van der Waals surface area contributed by atoms with E-state index in [2.05, 4.69) is 9.55 Å². The van der Waals surface area contributed by atoms with Gasteiger partial charge >= 0.3 is 11.9 Å². The van der Waals surface area contributed by atoms with Crippen molar-refractivity contribution in [1.29, 1.82) is 0 Å². The molecule has 0 radical (unpaired) electrons. The summed E-state index contributed by atoms with van der Waals surface area (Å²) in [5.74, 6) is -0.239. The molecule has 0 aromatic carbocycles. The number of hydrogen-bond acceptors (Lipinski definition) is 5. The maximum absolute atomic E-state index is 11.4. The zero-order valence-corrected chi connectivity index (χ0v) is 14.9. The summed E-state index contributed by atoms with van der Waals surface area (Å²) in [6.07, 6.45) is 12.2. The number of aromatic nitrogens is 2. The third kappa shape index (κ3) is 8.70. The molecule has 0 saturated carbocycles. The van der Waals surface area contributed by atoms with Gasteiger partial charge in [-0.25, -0.2) is 4.98 Å². The third-order valence-corrected chi connectivity index (χ3v) is 3.89. The summed E-state index contributed by atoms with van der Waals surface area (Å²) in [5, 5.41) is 0. The van der Waals surface area contributed by atoms with E-state index in [1.165, 1.54) is 0 Å². The molecule has 6 nitrogen and oxygen atoms in total. The fourth-order valence-electron chi connectivity index (χ4n) is 2.69. The van der Waals surface area contributed by atoms with Gasteiger partial charge in [0.25, 0.3) is 0 Å². The summed E-state index contributed by atoms with van der Waals surface area (Å²) in [6, 6.07) is 0.358. The van der Waals surface area contributed by atoms with E-state index in [0.717, 1.165) is 38.5 Å². The van der Waals surface area contributed by atoms with Crippen molar-refractivity contribution in [3.05, 3.63) is 18.7 Å². The molecule has 0 fully saturated rings. The van der Waals surface area contributed by atoms with Crippen molar-refractivity contribution in [1.82, 2.24) is 9.55 Å². The molecular formula is C18H30N2O4. The minimum absolute atomic E-state index is 0.119. The molecule has 136 valence electrons. The minimum Gasteiger partial charge on any atom is -0.466 e. The van der Waals surface area contributed by atoms with Gasteiger partial charge in [-0.05, 0) is 39.5 Å². The van der Waals surface area contributed by atoms with Crippen LogP contribution in [0.2, 0.25) is 0 Å². The predicted molar refractivity (Wildman–Crippen MR) is 91.5 cm³/mol. The molecule has 1 heterocycles. The van der Waals surface area contributed by atoms with Gasteiger partial charge in [-0.15, -0.1) is 0 Å². The minimum atomic E-state index is -0.119. The van der Waals surface area contributed by atoms with Crippen LogP contribution in [0.4, 0.5) is 0 Å². The first-order valence-electron chi connectivity index (χ1n) is 8.96. The van der Waals surface area contributed by atoms with Crippen LogP contribution in [0.25, 0.3) is 0 Å². The second-order valence-electron chi connectivity index (χ2n) is 5.77. The average molecular weight is 338 g/mol. The molecule has 0 spiro atoms. The molecule has 0 aliphatic carbocycles. The van der Waals surface area contributed by atoms with Crippen LogP contribution in [0.5, 0.6) is 0 Å². The number of ether oxygens (including phenoxy) is 2. The Morgan fingerprint density at radius 1 is 0.958 bits per heavy atom. The highest BCUT2D eigenvalue weighted by atomic mass is 16.5. The lowest BCUT2D eigenvalue weighted by Crippen LogP contribution is -2.09. The van der Waals surface area contributed by atoms with Crippen molar-refractivity contribution in [2.75, 3.05) is 13.2 Å². The highest BCUT2D eigenvalue weighted by Crippen LogP contribution is 2.22. The number of carbonyl (C=O) groups is 2. The molecule has 1 aromatic rings. The van der Waals surface area contributed by atoms with Crippen LogP contribution in [-0.2, 0) is 19.1 Å². The Morgan fingerprint density at radius 3 is 1.92 bits per heavy atom. The van der Waals surface area contributed by atoms with Crippen molar-refractivity contribution >= 4 is 11.9 Å². The van der Waals surface area contributed by atoms with Gasteiger partial charge < -0.3 is 14.0 Å². The van der Waals surface area contributed by atoms with Gasteiger partial charge in [-0.3, -0.25) is 9.59 Å². The quantitative estimate of drug-likeness (QED) is 0.405. The SMILES string of the molecule is CCOC(=O)CCCCC(CCCCC(=O)OCC)n1ccnc1. The van der Waals surface area contributed by atoms with E-state index in [1.807, 2.05) is 26.4 Å². The maximum Gasteiger partial charge on any atom is 0.305 e. The molecule has 0 bridgehead atoms. The Hall–Kier alpha value is -1.85. The molecule has 0 aliphatic heterocycles. The third-order valence-electron chi connectivity index (χ3n) is 3.89. The van der Waals surface area contributed by atoms with Crippen molar-refractivity contribution in [2.45, 2.75) is 71.3 Å². The lowest BCUT2D eigenvalue weighted by Gasteiger charge is -2.18. The molecule has 6 heteroatoms. The first kappa shape index (κ1) is 20.2. The van der Waals surface area contributed by atoms with Gasteiger partial charge in [-0.1, -0.05) is 12.8 Å². The van der Waals surface area contributed by atoms with E-state index in [0.29, 0.717) is 32.1 Å². The summed E-state index contributed by atoms with van der Waals surface area (Å²) >= 11 is 0. The second-order valence-corrected chi connectivity index (χ2v) is 5.77. The Balaban J connectivity index is 2.29. The van der Waals surface area contributed by atoms with Crippen LogP contribution in [0.3, 0.4) is 0 Å². The van der Waals surface area contributed by atoms with E-state index < -0.39 is 0 Å². The summed E-state index contributed by atoms with van der Waals surface area (Å²) in [6.45, 7) is 4.53. The van der Waals surface area contributed by atoms with Crippen LogP contribution < -0.4 is 0 Å². The van der Waals surface area contributed by atoms with Crippen LogP contribution in [0.1, 0.15) is 71.3 Å². The summed E-state index contributed by atoms with van der Waals surface area (Å²) < 4.78 is 12.0. The number of nitrogens with zero attached hydrogens (tertiary/aromatic N) is 2. The normalized spacial score (nSPS) is 10.8. The monoisotopic (exact) mass is 338 g/mol. The summed E-state index contributed by atoms with van der Waals surface area (Å²) in [7, 11) is 0. The largest absolute Gasteiger partial charge is 0.466 e. The Kier molecular flexibility index (Phi) is 10.6.